The topological polar surface area (TPSA) is 135 Å². The van der Waals surface area contributed by atoms with Gasteiger partial charge < -0.3 is 30.7 Å². The van der Waals surface area contributed by atoms with Crippen molar-refractivity contribution in [1.82, 2.24) is 10.6 Å². The molecule has 0 aromatic heterocycles. The molecule has 0 radical (unpaired) electrons. The molecule has 226 valence electrons. The lowest BCUT2D eigenvalue weighted by molar-refractivity contribution is -0.147. The number of benzene rings is 4. The fraction of sp³-hybridized carbons (Fsp3) is 0.176. The van der Waals surface area contributed by atoms with Gasteiger partial charge in [-0.05, 0) is 28.8 Å². The first-order valence-electron chi connectivity index (χ1n) is 14.0. The predicted octanol–water partition coefficient (Wildman–Crippen LogP) is 5.07. The van der Waals surface area contributed by atoms with Crippen LogP contribution in [0.25, 0.3) is 0 Å². The molecule has 0 saturated heterocycles. The number of urea groups is 2. The van der Waals surface area contributed by atoms with E-state index in [1.54, 1.807) is 24.3 Å². The Hall–Kier alpha value is -5.64. The van der Waals surface area contributed by atoms with Gasteiger partial charge in [0.1, 0.15) is 18.7 Å². The minimum atomic E-state index is -0.983. The Morgan fingerprint density at radius 1 is 0.545 bits per heavy atom. The highest BCUT2D eigenvalue weighted by Crippen LogP contribution is 2.21. The number of carbonyl (C=O) groups is 4. The smallest absolute Gasteiger partial charge is 0.329 e. The van der Waals surface area contributed by atoms with Crippen LogP contribution in [0, 0.1) is 0 Å². The molecule has 0 saturated carbocycles. The molecular formula is C34H34N4O6. The highest BCUT2D eigenvalue weighted by atomic mass is 16.5. The lowest BCUT2D eigenvalue weighted by Gasteiger charge is -2.20. The molecular weight excluding hydrogens is 560 g/mol. The van der Waals surface area contributed by atoms with E-state index in [4.69, 9.17) is 9.47 Å². The number of rotatable bonds is 12. The maximum Gasteiger partial charge on any atom is 0.329 e. The van der Waals surface area contributed by atoms with Gasteiger partial charge in [-0.2, -0.15) is 0 Å². The Bertz CT molecular complexity index is 1530. The molecule has 10 heteroatoms. The van der Waals surface area contributed by atoms with Gasteiger partial charge in [-0.3, -0.25) is 0 Å². The zero-order chi connectivity index (χ0) is 31.1. The molecule has 2 atom stereocenters. The van der Waals surface area contributed by atoms with Crippen LogP contribution in [0.15, 0.2) is 115 Å². The third-order valence-electron chi connectivity index (χ3n) is 6.59. The highest BCUT2D eigenvalue weighted by molar-refractivity contribution is 6.00. The maximum absolute atomic E-state index is 13.1. The number of para-hydroxylation sites is 2. The van der Waals surface area contributed by atoms with Gasteiger partial charge in [0.15, 0.2) is 0 Å². The van der Waals surface area contributed by atoms with Crippen LogP contribution >= 0.6 is 0 Å². The number of ether oxygens (including phenoxy) is 2. The molecule has 0 spiro atoms. The van der Waals surface area contributed by atoms with Crippen molar-refractivity contribution in [3.63, 3.8) is 0 Å². The summed E-state index contributed by atoms with van der Waals surface area (Å²) in [7, 11) is 1.25. The third-order valence-corrected chi connectivity index (χ3v) is 6.59. The van der Waals surface area contributed by atoms with Gasteiger partial charge in [0, 0.05) is 12.8 Å². The first-order valence-corrected chi connectivity index (χ1v) is 14.0. The van der Waals surface area contributed by atoms with Gasteiger partial charge in [-0.25, -0.2) is 19.2 Å². The van der Waals surface area contributed by atoms with Gasteiger partial charge in [0.05, 0.1) is 18.5 Å². The van der Waals surface area contributed by atoms with E-state index in [0.29, 0.717) is 0 Å². The van der Waals surface area contributed by atoms with Gasteiger partial charge in [-0.1, -0.05) is 103 Å². The predicted molar refractivity (Wildman–Crippen MR) is 167 cm³/mol. The molecule has 4 amide bonds. The van der Waals surface area contributed by atoms with E-state index in [1.165, 1.54) is 7.11 Å². The number of carbonyl (C=O) groups excluding carboxylic acids is 4. The van der Waals surface area contributed by atoms with Crippen molar-refractivity contribution in [2.45, 2.75) is 31.5 Å². The monoisotopic (exact) mass is 594 g/mol. The standard InChI is InChI=1S/C34H34N4O6/c1-43-31(39)29(21-24-13-5-2-6-14-24)37-33(41)35-27-19-11-12-20-28(27)36-34(42)38-30(22-25-15-7-3-8-16-25)32(40)44-23-26-17-9-4-10-18-26/h2-20,29-30H,21-23H2,1H3,(H2,35,37,41)(H2,36,38,42)/t29-,30-/m0/s1. The molecule has 0 heterocycles. The molecule has 4 aromatic carbocycles. The van der Waals surface area contributed by atoms with Crippen molar-refractivity contribution >= 4 is 35.4 Å². The third kappa shape index (κ3) is 9.73. The van der Waals surface area contributed by atoms with Gasteiger partial charge in [-0.15, -0.1) is 0 Å². The quantitative estimate of drug-likeness (QED) is 0.169. The summed E-state index contributed by atoms with van der Waals surface area (Å²) in [5.74, 6) is -1.19. The second-order valence-electron chi connectivity index (χ2n) is 9.84. The molecule has 0 aliphatic carbocycles. The number of nitrogens with one attached hydrogen (secondary N) is 4. The fourth-order valence-corrected chi connectivity index (χ4v) is 4.39. The Balaban J connectivity index is 1.41. The summed E-state index contributed by atoms with van der Waals surface area (Å²) in [4.78, 5) is 51.5. The Labute approximate surface area is 255 Å². The molecule has 0 aliphatic heterocycles. The lowest BCUT2D eigenvalue weighted by Crippen LogP contribution is -2.46. The highest BCUT2D eigenvalue weighted by Gasteiger charge is 2.25. The van der Waals surface area contributed by atoms with Crippen LogP contribution in [0.5, 0.6) is 0 Å². The summed E-state index contributed by atoms with van der Waals surface area (Å²) in [6.07, 6.45) is 0.437. The van der Waals surface area contributed by atoms with Gasteiger partial charge in [0.25, 0.3) is 0 Å². The number of hydrogen-bond acceptors (Lipinski definition) is 6. The SMILES string of the molecule is COC(=O)[C@H](Cc1ccccc1)NC(=O)Nc1ccccc1NC(=O)N[C@@H](Cc1ccccc1)C(=O)OCc1ccccc1. The zero-order valence-corrected chi connectivity index (χ0v) is 24.2. The molecule has 4 N–H and O–H groups in total. The van der Waals surface area contributed by atoms with Gasteiger partial charge in [0.2, 0.25) is 0 Å². The van der Waals surface area contributed by atoms with E-state index < -0.39 is 36.1 Å². The van der Waals surface area contributed by atoms with Crippen LogP contribution in [0.1, 0.15) is 16.7 Å². The average Bonchev–Trinajstić information content (AvgIpc) is 3.05. The second-order valence-corrected chi connectivity index (χ2v) is 9.84. The maximum atomic E-state index is 13.1. The van der Waals surface area contributed by atoms with Crippen LogP contribution in [-0.4, -0.2) is 43.2 Å². The molecule has 4 rings (SSSR count). The van der Waals surface area contributed by atoms with Crippen LogP contribution in [0.2, 0.25) is 0 Å². The minimum absolute atomic E-state index is 0.0625. The number of amides is 4. The Kier molecular flexibility index (Phi) is 11.5. The van der Waals surface area contributed by atoms with Crippen LogP contribution in [0.3, 0.4) is 0 Å². The second kappa shape index (κ2) is 16.1. The normalized spacial score (nSPS) is 11.8. The van der Waals surface area contributed by atoms with E-state index in [1.807, 2.05) is 91.0 Å². The first kappa shape index (κ1) is 31.3. The molecule has 44 heavy (non-hydrogen) atoms. The molecule has 0 bridgehead atoms. The zero-order valence-electron chi connectivity index (χ0n) is 24.2. The van der Waals surface area contributed by atoms with E-state index in [9.17, 15) is 19.2 Å². The van der Waals surface area contributed by atoms with Crippen molar-refractivity contribution in [2.24, 2.45) is 0 Å². The van der Waals surface area contributed by atoms with Crippen molar-refractivity contribution in [1.29, 1.82) is 0 Å². The number of esters is 2. The van der Waals surface area contributed by atoms with E-state index in [2.05, 4.69) is 21.3 Å². The van der Waals surface area contributed by atoms with E-state index in [-0.39, 0.29) is 30.8 Å². The average molecular weight is 595 g/mol. The van der Waals surface area contributed by atoms with E-state index in [0.717, 1.165) is 16.7 Å². The number of anilines is 2. The largest absolute Gasteiger partial charge is 0.467 e. The molecule has 0 unspecified atom stereocenters. The lowest BCUT2D eigenvalue weighted by atomic mass is 10.1. The number of methoxy groups -OCH3 is 1. The first-order chi connectivity index (χ1) is 21.4. The van der Waals surface area contributed by atoms with Gasteiger partial charge >= 0.3 is 24.0 Å². The fourth-order valence-electron chi connectivity index (χ4n) is 4.39. The molecule has 10 nitrogen and oxygen atoms in total. The summed E-state index contributed by atoms with van der Waals surface area (Å²) in [5.41, 5.74) is 3.04. The van der Waals surface area contributed by atoms with Crippen LogP contribution in [-0.2, 0) is 38.5 Å². The molecule has 0 aliphatic rings. The Morgan fingerprint density at radius 2 is 0.932 bits per heavy atom. The van der Waals surface area contributed by atoms with Crippen molar-refractivity contribution in [3.8, 4) is 0 Å². The van der Waals surface area contributed by atoms with E-state index >= 15 is 0 Å². The van der Waals surface area contributed by atoms with Crippen molar-refractivity contribution < 1.29 is 28.7 Å². The minimum Gasteiger partial charge on any atom is -0.467 e. The summed E-state index contributed by atoms with van der Waals surface area (Å²) < 4.78 is 10.4. The van der Waals surface area contributed by atoms with Crippen LogP contribution < -0.4 is 21.3 Å². The van der Waals surface area contributed by atoms with Crippen molar-refractivity contribution in [3.05, 3.63) is 132 Å². The molecule has 0 fully saturated rings. The summed E-state index contributed by atoms with van der Waals surface area (Å²) in [6, 6.07) is 31.0. The van der Waals surface area contributed by atoms with Crippen molar-refractivity contribution in [2.75, 3.05) is 17.7 Å². The van der Waals surface area contributed by atoms with Crippen LogP contribution in [0.4, 0.5) is 21.0 Å². The Morgan fingerprint density at radius 3 is 1.36 bits per heavy atom. The summed E-state index contributed by atoms with van der Waals surface area (Å²) in [6.45, 7) is 0.0625. The number of hydrogen-bond donors (Lipinski definition) is 4. The molecule has 4 aromatic rings. The summed E-state index contributed by atoms with van der Waals surface area (Å²) in [5, 5.41) is 10.7. The summed E-state index contributed by atoms with van der Waals surface area (Å²) >= 11 is 0.